The molecule has 0 aromatic carbocycles. The first-order chi connectivity index (χ1) is 8.86. The number of sulfone groups is 1. The summed E-state index contributed by atoms with van der Waals surface area (Å²) < 4.78 is 25.5. The van der Waals surface area contributed by atoms with E-state index in [1.165, 1.54) is 5.56 Å². The van der Waals surface area contributed by atoms with Crippen molar-refractivity contribution in [1.82, 2.24) is 9.88 Å². The molecular formula is C14H26N2O2S. The molecule has 4 nitrogen and oxygen atoms in total. The third-order valence-corrected chi connectivity index (χ3v) is 5.51. The summed E-state index contributed by atoms with van der Waals surface area (Å²) in [5.74, 6) is 0.204. The van der Waals surface area contributed by atoms with Crippen LogP contribution in [-0.4, -0.2) is 30.5 Å². The van der Waals surface area contributed by atoms with E-state index in [2.05, 4.69) is 25.2 Å². The smallest absolute Gasteiger partial charge is 0.154 e. The highest BCUT2D eigenvalue weighted by molar-refractivity contribution is 7.91. The fraction of sp³-hybridized carbons (Fsp3) is 0.714. The lowest BCUT2D eigenvalue weighted by Crippen LogP contribution is -2.21. The van der Waals surface area contributed by atoms with Gasteiger partial charge in [-0.05, 0) is 45.4 Å². The molecule has 0 saturated carbocycles. The van der Waals surface area contributed by atoms with Crippen molar-refractivity contribution in [3.63, 3.8) is 0 Å². The van der Waals surface area contributed by atoms with E-state index in [0.29, 0.717) is 12.6 Å². The molecule has 110 valence electrons. The van der Waals surface area contributed by atoms with Crippen LogP contribution < -0.4 is 5.32 Å². The van der Waals surface area contributed by atoms with E-state index in [1.54, 1.807) is 13.8 Å². The molecule has 1 atom stereocenters. The molecule has 0 aliphatic carbocycles. The van der Waals surface area contributed by atoms with Gasteiger partial charge in [-0.1, -0.05) is 6.92 Å². The van der Waals surface area contributed by atoms with E-state index in [4.69, 9.17) is 0 Å². The number of nitrogens with one attached hydrogen (secondary N) is 1. The number of hydrogen-bond donors (Lipinski definition) is 1. The van der Waals surface area contributed by atoms with E-state index in [0.717, 1.165) is 13.0 Å². The summed E-state index contributed by atoms with van der Waals surface area (Å²) >= 11 is 0. The maximum atomic E-state index is 11.8. The summed E-state index contributed by atoms with van der Waals surface area (Å²) in [6.45, 7) is 9.25. The zero-order chi connectivity index (χ0) is 14.5. The van der Waals surface area contributed by atoms with Gasteiger partial charge in [0.1, 0.15) is 0 Å². The van der Waals surface area contributed by atoms with Gasteiger partial charge in [-0.15, -0.1) is 0 Å². The zero-order valence-corrected chi connectivity index (χ0v) is 13.2. The molecule has 1 heterocycles. The van der Waals surface area contributed by atoms with Gasteiger partial charge in [0, 0.05) is 25.0 Å². The molecule has 0 aliphatic heterocycles. The normalized spacial score (nSPS) is 13.9. The molecule has 0 spiro atoms. The first-order valence-electron chi connectivity index (χ1n) is 6.97. The SMILES string of the molecule is CCCNC(C)c1ccn(CCS(=O)(=O)C(C)C)c1. The minimum Gasteiger partial charge on any atom is -0.353 e. The van der Waals surface area contributed by atoms with E-state index >= 15 is 0 Å². The molecule has 0 radical (unpaired) electrons. The Balaban J connectivity index is 2.56. The summed E-state index contributed by atoms with van der Waals surface area (Å²) in [4.78, 5) is 0. The fourth-order valence-electron chi connectivity index (χ4n) is 1.80. The van der Waals surface area contributed by atoms with Crippen LogP contribution in [0.3, 0.4) is 0 Å². The van der Waals surface area contributed by atoms with Gasteiger partial charge >= 0.3 is 0 Å². The van der Waals surface area contributed by atoms with Gasteiger partial charge in [-0.25, -0.2) is 8.42 Å². The van der Waals surface area contributed by atoms with Crippen LogP contribution in [0.1, 0.15) is 45.7 Å². The van der Waals surface area contributed by atoms with Crippen molar-refractivity contribution in [2.75, 3.05) is 12.3 Å². The second-order valence-electron chi connectivity index (χ2n) is 5.27. The molecular weight excluding hydrogens is 260 g/mol. The highest BCUT2D eigenvalue weighted by Crippen LogP contribution is 2.13. The monoisotopic (exact) mass is 286 g/mol. The van der Waals surface area contributed by atoms with Gasteiger partial charge in [0.15, 0.2) is 9.84 Å². The highest BCUT2D eigenvalue weighted by atomic mass is 32.2. The Morgan fingerprint density at radius 3 is 2.58 bits per heavy atom. The summed E-state index contributed by atoms with van der Waals surface area (Å²) in [6.07, 6.45) is 5.09. The van der Waals surface area contributed by atoms with E-state index in [-0.39, 0.29) is 11.0 Å². The molecule has 1 aromatic rings. The van der Waals surface area contributed by atoms with Gasteiger partial charge in [-0.2, -0.15) is 0 Å². The summed E-state index contributed by atoms with van der Waals surface area (Å²) in [7, 11) is -2.96. The number of aryl methyl sites for hydroxylation is 1. The topological polar surface area (TPSA) is 51.1 Å². The molecule has 5 heteroatoms. The highest BCUT2D eigenvalue weighted by Gasteiger charge is 2.16. The van der Waals surface area contributed by atoms with Crippen molar-refractivity contribution in [1.29, 1.82) is 0 Å². The number of rotatable bonds is 8. The Bertz CT molecular complexity index is 477. The van der Waals surface area contributed by atoms with Crippen LogP contribution in [0, 0.1) is 0 Å². The van der Waals surface area contributed by atoms with Crippen molar-refractivity contribution in [3.05, 3.63) is 24.0 Å². The maximum Gasteiger partial charge on any atom is 0.154 e. The third kappa shape index (κ3) is 4.99. The molecule has 0 saturated heterocycles. The molecule has 19 heavy (non-hydrogen) atoms. The number of hydrogen-bond acceptors (Lipinski definition) is 3. The average Bonchev–Trinajstić information content (AvgIpc) is 2.82. The lowest BCUT2D eigenvalue weighted by Gasteiger charge is -2.11. The summed E-state index contributed by atoms with van der Waals surface area (Å²) in [6, 6.07) is 2.36. The van der Waals surface area contributed by atoms with Crippen molar-refractivity contribution >= 4 is 9.84 Å². The minimum absolute atomic E-state index is 0.204. The molecule has 0 bridgehead atoms. The second kappa shape index (κ2) is 7.10. The molecule has 0 aliphatic rings. The first-order valence-corrected chi connectivity index (χ1v) is 8.69. The van der Waals surface area contributed by atoms with Crippen LogP contribution >= 0.6 is 0 Å². The van der Waals surface area contributed by atoms with Crippen molar-refractivity contribution in [2.45, 2.75) is 52.0 Å². The lowest BCUT2D eigenvalue weighted by molar-refractivity contribution is 0.568. The fourth-order valence-corrected chi connectivity index (χ4v) is 2.74. The number of nitrogens with zero attached hydrogens (tertiary/aromatic N) is 1. The molecule has 1 aromatic heterocycles. The van der Waals surface area contributed by atoms with Crippen LogP contribution in [0.4, 0.5) is 0 Å². The third-order valence-electron chi connectivity index (χ3n) is 3.33. The predicted molar refractivity (Wildman–Crippen MR) is 80.1 cm³/mol. The standard InChI is InChI=1S/C14H26N2O2S/c1-5-7-15-13(4)14-6-8-16(11-14)9-10-19(17,18)12(2)3/h6,8,11-13,15H,5,7,9-10H2,1-4H3. The van der Waals surface area contributed by atoms with Crippen LogP contribution in [0.2, 0.25) is 0 Å². The summed E-state index contributed by atoms with van der Waals surface area (Å²) in [5, 5.41) is 3.12. The van der Waals surface area contributed by atoms with E-state index in [1.807, 2.05) is 17.0 Å². The van der Waals surface area contributed by atoms with Crippen molar-refractivity contribution in [2.24, 2.45) is 0 Å². The van der Waals surface area contributed by atoms with E-state index in [9.17, 15) is 8.42 Å². The van der Waals surface area contributed by atoms with Crippen molar-refractivity contribution < 1.29 is 8.42 Å². The Kier molecular flexibility index (Phi) is 6.07. The Labute approximate surface area is 117 Å². The quantitative estimate of drug-likeness (QED) is 0.798. The second-order valence-corrected chi connectivity index (χ2v) is 7.95. The van der Waals surface area contributed by atoms with Gasteiger partial charge in [0.25, 0.3) is 0 Å². The van der Waals surface area contributed by atoms with Crippen LogP contribution in [0.5, 0.6) is 0 Å². The molecule has 0 fully saturated rings. The summed E-state index contributed by atoms with van der Waals surface area (Å²) in [5.41, 5.74) is 1.20. The molecule has 1 N–H and O–H groups in total. The molecule has 1 unspecified atom stereocenters. The van der Waals surface area contributed by atoms with Gasteiger partial charge < -0.3 is 9.88 Å². The van der Waals surface area contributed by atoms with Crippen LogP contribution in [-0.2, 0) is 16.4 Å². The Hall–Kier alpha value is -0.810. The van der Waals surface area contributed by atoms with Crippen LogP contribution in [0.15, 0.2) is 18.5 Å². The predicted octanol–water partition coefficient (Wildman–Crippen LogP) is 2.37. The lowest BCUT2D eigenvalue weighted by atomic mass is 10.2. The van der Waals surface area contributed by atoms with Gasteiger partial charge in [0.2, 0.25) is 0 Å². The Morgan fingerprint density at radius 2 is 2.00 bits per heavy atom. The van der Waals surface area contributed by atoms with Gasteiger partial charge in [-0.3, -0.25) is 0 Å². The molecule has 0 amide bonds. The zero-order valence-electron chi connectivity index (χ0n) is 12.4. The minimum atomic E-state index is -2.96. The first kappa shape index (κ1) is 16.2. The maximum absolute atomic E-state index is 11.8. The largest absolute Gasteiger partial charge is 0.353 e. The van der Waals surface area contributed by atoms with Crippen LogP contribution in [0.25, 0.3) is 0 Å². The Morgan fingerprint density at radius 1 is 1.32 bits per heavy atom. The van der Waals surface area contributed by atoms with Gasteiger partial charge in [0.05, 0.1) is 11.0 Å². The average molecular weight is 286 g/mol. The van der Waals surface area contributed by atoms with Crippen molar-refractivity contribution in [3.8, 4) is 0 Å². The van der Waals surface area contributed by atoms with E-state index < -0.39 is 9.84 Å². The molecule has 1 rings (SSSR count). The number of aromatic nitrogens is 1.